The first kappa shape index (κ1) is 5.60. The van der Waals surface area contributed by atoms with E-state index in [0.29, 0.717) is 0 Å². The zero-order chi connectivity index (χ0) is 4.99. The van der Waals surface area contributed by atoms with Crippen molar-refractivity contribution in [1.29, 1.82) is 0 Å². The summed E-state index contributed by atoms with van der Waals surface area (Å²) >= 11 is 0. The highest BCUT2D eigenvalue weighted by Crippen LogP contribution is 2.11. The van der Waals surface area contributed by atoms with Gasteiger partial charge in [0.25, 0.3) is 0 Å². The van der Waals surface area contributed by atoms with Gasteiger partial charge in [0.1, 0.15) is 0 Å². The van der Waals surface area contributed by atoms with Crippen LogP contribution >= 0.6 is 8.03 Å². The average Bonchev–Trinajstić information content (AvgIpc) is 1.35. The van der Waals surface area contributed by atoms with Crippen molar-refractivity contribution in [1.82, 2.24) is 0 Å². The zero-order valence-corrected chi connectivity index (χ0v) is 3.93. The molecule has 0 aliphatic heterocycles. The van der Waals surface area contributed by atoms with E-state index in [9.17, 15) is 4.57 Å². The summed E-state index contributed by atoms with van der Waals surface area (Å²) in [6.07, 6.45) is 1.04. The molecule has 6 heavy (non-hydrogen) atoms. The largest absolute Gasteiger partial charge is 0.539 e. The fraction of sp³-hybridized carbons (Fsp3) is 0. The predicted octanol–water partition coefficient (Wildman–Crippen LogP) is 0.151. The summed E-state index contributed by atoms with van der Waals surface area (Å²) in [5, 5.41) is 0. The number of nitrogens with two attached hydrogens (primary N) is 1. The average molecular weight is 106 g/mol. The Morgan fingerprint density at radius 1 is 1.83 bits per heavy atom. The molecule has 4 heteroatoms. The maximum absolute atomic E-state index is 9.58. The van der Waals surface area contributed by atoms with E-state index >= 15 is 0 Å². The van der Waals surface area contributed by atoms with Crippen LogP contribution in [-0.2, 0) is 4.57 Å². The Bertz CT molecular complexity index is 79.6. The molecule has 0 aliphatic rings. The van der Waals surface area contributed by atoms with E-state index in [4.69, 9.17) is 10.6 Å². The number of rotatable bonds is 1. The SMILES string of the molecule is N/C=C/[P+](=O)O. The van der Waals surface area contributed by atoms with Gasteiger partial charge in [-0.2, -0.15) is 4.89 Å². The molecule has 0 aliphatic carbocycles. The van der Waals surface area contributed by atoms with Gasteiger partial charge < -0.3 is 5.73 Å². The fourth-order valence-corrected chi connectivity index (χ4v) is 0.221. The molecule has 0 fully saturated rings. The van der Waals surface area contributed by atoms with Crippen LogP contribution in [0.15, 0.2) is 12.0 Å². The van der Waals surface area contributed by atoms with E-state index in [0.717, 1.165) is 12.0 Å². The topological polar surface area (TPSA) is 63.3 Å². The third-order valence-electron chi connectivity index (χ3n) is 0.214. The molecule has 3 N–H and O–H groups in total. The summed E-state index contributed by atoms with van der Waals surface area (Å²) in [6.45, 7) is 0. The zero-order valence-electron chi connectivity index (χ0n) is 3.03. The van der Waals surface area contributed by atoms with Crippen LogP contribution in [0.4, 0.5) is 0 Å². The van der Waals surface area contributed by atoms with Crippen LogP contribution in [0.5, 0.6) is 0 Å². The fourth-order valence-electron chi connectivity index (χ4n) is 0.0736. The summed E-state index contributed by atoms with van der Waals surface area (Å²) in [5.74, 6) is 1.01. The highest BCUT2D eigenvalue weighted by Gasteiger charge is 1.97. The molecule has 0 amide bonds. The molecule has 0 saturated carbocycles. The van der Waals surface area contributed by atoms with Crippen molar-refractivity contribution in [3.8, 4) is 0 Å². The van der Waals surface area contributed by atoms with Crippen molar-refractivity contribution < 1.29 is 9.46 Å². The summed E-state index contributed by atoms with van der Waals surface area (Å²) in [4.78, 5) is 7.89. The lowest BCUT2D eigenvalue weighted by molar-refractivity contribution is 0.512. The monoisotopic (exact) mass is 106 g/mol. The van der Waals surface area contributed by atoms with Crippen LogP contribution in [0, 0.1) is 0 Å². The molecule has 0 heterocycles. The predicted molar refractivity (Wildman–Crippen MR) is 23.2 cm³/mol. The van der Waals surface area contributed by atoms with E-state index < -0.39 is 8.03 Å². The third kappa shape index (κ3) is 3.60. The second-order valence-electron chi connectivity index (χ2n) is 0.644. The Kier molecular flexibility index (Phi) is 2.63. The smallest absolute Gasteiger partial charge is 0.401 e. The Labute approximate surface area is 36.3 Å². The maximum Gasteiger partial charge on any atom is 0.539 e. The van der Waals surface area contributed by atoms with Crippen molar-refractivity contribution in [3.63, 3.8) is 0 Å². The van der Waals surface area contributed by atoms with Gasteiger partial charge in [0.15, 0.2) is 0 Å². The Morgan fingerprint density at radius 3 is 2.33 bits per heavy atom. The molecule has 0 saturated heterocycles. The van der Waals surface area contributed by atoms with Crippen LogP contribution in [0.2, 0.25) is 0 Å². The van der Waals surface area contributed by atoms with Gasteiger partial charge in [0.05, 0.1) is 0 Å². The molecular formula is C2H5NO2P+. The minimum atomic E-state index is -2.16. The quantitative estimate of drug-likeness (QED) is 0.467. The Balaban J connectivity index is 3.30. The first-order chi connectivity index (χ1) is 2.77. The standard InChI is InChI=1S/C2H4NO2P/c3-1-2-6(4)5/h1-2H,3H2/p+1/b2-1+. The summed E-state index contributed by atoms with van der Waals surface area (Å²) in [6, 6.07) is 0. The van der Waals surface area contributed by atoms with Crippen LogP contribution < -0.4 is 5.73 Å². The van der Waals surface area contributed by atoms with E-state index in [1.165, 1.54) is 0 Å². The van der Waals surface area contributed by atoms with Gasteiger partial charge in [-0.15, -0.1) is 0 Å². The maximum atomic E-state index is 9.58. The molecule has 0 aromatic heterocycles. The second-order valence-corrected chi connectivity index (χ2v) is 1.55. The van der Waals surface area contributed by atoms with Crippen LogP contribution in [0.3, 0.4) is 0 Å². The second kappa shape index (κ2) is 2.82. The molecule has 0 rings (SSSR count). The van der Waals surface area contributed by atoms with Gasteiger partial charge in [0.2, 0.25) is 5.82 Å². The van der Waals surface area contributed by atoms with Crippen molar-refractivity contribution in [2.45, 2.75) is 0 Å². The number of hydrogen-bond donors (Lipinski definition) is 2. The lowest BCUT2D eigenvalue weighted by Crippen LogP contribution is -1.71. The molecule has 34 valence electrons. The van der Waals surface area contributed by atoms with Crippen molar-refractivity contribution in [3.05, 3.63) is 12.0 Å². The Hall–Kier alpha value is -0.400. The molecular weight excluding hydrogens is 101 g/mol. The van der Waals surface area contributed by atoms with Crippen molar-refractivity contribution in [2.24, 2.45) is 5.73 Å². The molecule has 0 radical (unpaired) electrons. The molecule has 0 aromatic rings. The van der Waals surface area contributed by atoms with Crippen molar-refractivity contribution >= 4 is 8.03 Å². The van der Waals surface area contributed by atoms with Crippen molar-refractivity contribution in [2.75, 3.05) is 0 Å². The van der Waals surface area contributed by atoms with Gasteiger partial charge >= 0.3 is 8.03 Å². The molecule has 0 aromatic carbocycles. The molecule has 0 spiro atoms. The van der Waals surface area contributed by atoms with Gasteiger partial charge in [-0.25, -0.2) is 0 Å². The molecule has 0 bridgehead atoms. The van der Waals surface area contributed by atoms with E-state index in [2.05, 4.69) is 0 Å². The van der Waals surface area contributed by atoms with E-state index in [1.807, 2.05) is 0 Å². The van der Waals surface area contributed by atoms with E-state index in [1.54, 1.807) is 0 Å². The summed E-state index contributed by atoms with van der Waals surface area (Å²) < 4.78 is 9.58. The highest BCUT2D eigenvalue weighted by molar-refractivity contribution is 7.41. The van der Waals surface area contributed by atoms with E-state index in [-0.39, 0.29) is 0 Å². The van der Waals surface area contributed by atoms with Gasteiger partial charge in [0, 0.05) is 6.20 Å². The first-order valence-electron chi connectivity index (χ1n) is 1.31. The molecule has 1 unspecified atom stereocenters. The van der Waals surface area contributed by atoms with Gasteiger partial charge in [-0.05, 0) is 4.57 Å². The third-order valence-corrected chi connectivity index (χ3v) is 0.641. The first-order valence-corrected chi connectivity index (χ1v) is 2.59. The molecule has 3 nitrogen and oxygen atoms in total. The van der Waals surface area contributed by atoms with Crippen LogP contribution in [0.25, 0.3) is 0 Å². The lowest BCUT2D eigenvalue weighted by atomic mass is 11.1. The van der Waals surface area contributed by atoms with Gasteiger partial charge in [-0.1, -0.05) is 0 Å². The Morgan fingerprint density at radius 2 is 2.33 bits per heavy atom. The summed E-state index contributed by atoms with van der Waals surface area (Å²) in [7, 11) is -2.16. The summed E-state index contributed by atoms with van der Waals surface area (Å²) in [5.41, 5.74) is 4.71. The minimum Gasteiger partial charge on any atom is -0.401 e. The highest BCUT2D eigenvalue weighted by atomic mass is 31.1. The van der Waals surface area contributed by atoms with Gasteiger partial charge in [-0.3, -0.25) is 0 Å². The lowest BCUT2D eigenvalue weighted by Gasteiger charge is -1.53. The molecule has 1 atom stereocenters. The normalized spacial score (nSPS) is 12.5. The number of hydrogen-bond acceptors (Lipinski definition) is 2. The van der Waals surface area contributed by atoms with Crippen LogP contribution in [-0.4, -0.2) is 4.89 Å². The minimum absolute atomic E-state index is 1.01. The van der Waals surface area contributed by atoms with Crippen LogP contribution in [0.1, 0.15) is 0 Å².